The first-order valence-corrected chi connectivity index (χ1v) is 8.19. The molecule has 7 heteroatoms. The summed E-state index contributed by atoms with van der Waals surface area (Å²) in [6, 6.07) is 8.81. The van der Waals surface area contributed by atoms with Gasteiger partial charge in [0.15, 0.2) is 0 Å². The summed E-state index contributed by atoms with van der Waals surface area (Å²) in [5.41, 5.74) is 2.12. The van der Waals surface area contributed by atoms with Crippen LogP contribution in [0.4, 0.5) is 8.78 Å². The summed E-state index contributed by atoms with van der Waals surface area (Å²) in [5, 5.41) is 12.5. The molecule has 0 spiro atoms. The molecule has 0 aliphatic heterocycles. The summed E-state index contributed by atoms with van der Waals surface area (Å²) < 4.78 is 29.1. The van der Waals surface area contributed by atoms with Gasteiger partial charge in [-0.3, -0.25) is 4.79 Å². The number of fused-ring (bicyclic) bond motifs is 1. The predicted octanol–water partition coefficient (Wildman–Crippen LogP) is 4.45. The molecule has 2 N–H and O–H groups in total. The molecule has 1 amide bonds. The molecule has 0 radical (unpaired) electrons. The fraction of sp³-hybridized carbons (Fsp3) is 0.278. The Balaban J connectivity index is 1.78. The Bertz CT molecular complexity index is 798. The first-order valence-electron chi connectivity index (χ1n) is 7.81. The van der Waals surface area contributed by atoms with E-state index >= 15 is 0 Å². The van der Waals surface area contributed by atoms with Crippen molar-refractivity contribution >= 4 is 17.5 Å². The third-order valence-corrected chi connectivity index (χ3v) is 4.47. The van der Waals surface area contributed by atoms with Crippen molar-refractivity contribution in [2.24, 2.45) is 0 Å². The van der Waals surface area contributed by atoms with E-state index in [1.54, 1.807) is 12.1 Å². The van der Waals surface area contributed by atoms with E-state index in [2.05, 4.69) is 10.1 Å². The van der Waals surface area contributed by atoms with Crippen molar-refractivity contribution in [2.45, 2.75) is 31.9 Å². The number of halogens is 3. The van der Waals surface area contributed by atoms with Gasteiger partial charge in [-0.25, -0.2) is 0 Å². The van der Waals surface area contributed by atoms with Gasteiger partial charge in [-0.15, -0.1) is 0 Å². The number of aromatic hydroxyl groups is 1. The first-order chi connectivity index (χ1) is 11.9. The Morgan fingerprint density at radius 3 is 2.80 bits per heavy atom. The number of amides is 1. The molecule has 1 atom stereocenters. The molecular weight excluding hydrogens is 352 g/mol. The van der Waals surface area contributed by atoms with Gasteiger partial charge < -0.3 is 15.2 Å². The van der Waals surface area contributed by atoms with Crippen LogP contribution in [0.3, 0.4) is 0 Å². The number of benzene rings is 2. The highest BCUT2D eigenvalue weighted by molar-refractivity contribution is 6.32. The first kappa shape index (κ1) is 17.5. The number of nitrogens with one attached hydrogen (secondary N) is 1. The second-order valence-corrected chi connectivity index (χ2v) is 6.23. The number of ether oxygens (including phenoxy) is 1. The van der Waals surface area contributed by atoms with E-state index in [9.17, 15) is 18.7 Å². The third kappa shape index (κ3) is 4.02. The number of carbonyl (C=O) groups is 1. The lowest BCUT2D eigenvalue weighted by Gasteiger charge is -2.27. The van der Waals surface area contributed by atoms with E-state index in [0.717, 1.165) is 30.4 Å². The van der Waals surface area contributed by atoms with Crippen molar-refractivity contribution in [3.63, 3.8) is 0 Å². The number of alkyl halides is 2. The van der Waals surface area contributed by atoms with E-state index in [0.29, 0.717) is 5.56 Å². The average Bonchev–Trinajstić information content (AvgIpc) is 2.56. The topological polar surface area (TPSA) is 58.6 Å². The molecular formula is C18H16ClF2NO3. The van der Waals surface area contributed by atoms with Gasteiger partial charge in [0.1, 0.15) is 11.5 Å². The smallest absolute Gasteiger partial charge is 0.387 e. The molecule has 132 valence electrons. The lowest BCUT2D eigenvalue weighted by atomic mass is 9.87. The molecule has 1 aliphatic rings. The normalized spacial score (nSPS) is 16.4. The highest BCUT2D eigenvalue weighted by Gasteiger charge is 2.23. The molecule has 1 aliphatic carbocycles. The molecule has 2 aromatic rings. The summed E-state index contributed by atoms with van der Waals surface area (Å²) >= 11 is 5.84. The van der Waals surface area contributed by atoms with Crippen LogP contribution in [-0.2, 0) is 6.42 Å². The number of carbonyl (C=O) groups excluding carboxylic acids is 1. The van der Waals surface area contributed by atoms with Crippen LogP contribution in [0.2, 0.25) is 5.02 Å². The van der Waals surface area contributed by atoms with E-state index in [1.165, 1.54) is 24.3 Å². The number of phenolic OH excluding ortho intramolecular Hbond substituents is 1. The molecule has 2 aromatic carbocycles. The molecule has 0 heterocycles. The Morgan fingerprint density at radius 2 is 2.08 bits per heavy atom. The van der Waals surface area contributed by atoms with Gasteiger partial charge in [-0.1, -0.05) is 17.7 Å². The Labute approximate surface area is 148 Å². The lowest BCUT2D eigenvalue weighted by Crippen LogP contribution is -2.31. The average molecular weight is 368 g/mol. The molecule has 0 bridgehead atoms. The summed E-state index contributed by atoms with van der Waals surface area (Å²) in [5.74, 6) is -0.286. The van der Waals surface area contributed by atoms with E-state index in [4.69, 9.17) is 11.6 Å². The molecule has 0 unspecified atom stereocenters. The predicted molar refractivity (Wildman–Crippen MR) is 89.3 cm³/mol. The van der Waals surface area contributed by atoms with Crippen LogP contribution < -0.4 is 10.1 Å². The van der Waals surface area contributed by atoms with Crippen LogP contribution in [0, 0.1) is 0 Å². The zero-order valence-electron chi connectivity index (χ0n) is 13.1. The fourth-order valence-electron chi connectivity index (χ4n) is 3.01. The quantitative estimate of drug-likeness (QED) is 0.839. The fourth-order valence-corrected chi connectivity index (χ4v) is 3.19. The van der Waals surface area contributed by atoms with Gasteiger partial charge >= 0.3 is 6.61 Å². The van der Waals surface area contributed by atoms with Gasteiger partial charge in [0, 0.05) is 5.56 Å². The van der Waals surface area contributed by atoms with E-state index in [1.807, 2.05) is 0 Å². The molecule has 0 aromatic heterocycles. The van der Waals surface area contributed by atoms with Gasteiger partial charge in [-0.2, -0.15) is 8.78 Å². The zero-order chi connectivity index (χ0) is 18.0. The maximum Gasteiger partial charge on any atom is 0.387 e. The number of aryl methyl sites for hydroxylation is 1. The highest BCUT2D eigenvalue weighted by Crippen LogP contribution is 2.33. The minimum absolute atomic E-state index is 0.0900. The van der Waals surface area contributed by atoms with Gasteiger partial charge in [-0.05, 0) is 60.7 Å². The summed E-state index contributed by atoms with van der Waals surface area (Å²) in [7, 11) is 0. The van der Waals surface area contributed by atoms with Crippen LogP contribution in [0.15, 0.2) is 36.4 Å². The number of phenols is 1. The standard InChI is InChI=1S/C18H16ClF2NO3/c19-14-9-11(4-7-16(14)23)17(24)22-15-3-1-2-10-8-12(25-18(20)21)5-6-13(10)15/h4-9,15,18,23H,1-3H2,(H,22,24)/t15-/m0/s1. The van der Waals surface area contributed by atoms with E-state index < -0.39 is 6.61 Å². The third-order valence-electron chi connectivity index (χ3n) is 4.17. The largest absolute Gasteiger partial charge is 0.506 e. The molecule has 25 heavy (non-hydrogen) atoms. The summed E-state index contributed by atoms with van der Waals surface area (Å²) in [6.07, 6.45) is 2.32. The lowest BCUT2D eigenvalue weighted by molar-refractivity contribution is -0.0499. The van der Waals surface area contributed by atoms with Crippen molar-refractivity contribution < 1.29 is 23.4 Å². The van der Waals surface area contributed by atoms with Crippen molar-refractivity contribution in [1.82, 2.24) is 5.32 Å². The van der Waals surface area contributed by atoms with Crippen LogP contribution in [0.5, 0.6) is 11.5 Å². The Kier molecular flexibility index (Phi) is 5.08. The summed E-state index contributed by atoms with van der Waals surface area (Å²) in [4.78, 5) is 12.4. The Hall–Kier alpha value is -2.34. The molecule has 0 fully saturated rings. The summed E-state index contributed by atoms with van der Waals surface area (Å²) in [6.45, 7) is -2.86. The zero-order valence-corrected chi connectivity index (χ0v) is 13.9. The monoisotopic (exact) mass is 367 g/mol. The van der Waals surface area contributed by atoms with Gasteiger partial charge in [0.2, 0.25) is 0 Å². The van der Waals surface area contributed by atoms with Crippen LogP contribution in [0.25, 0.3) is 0 Å². The SMILES string of the molecule is O=C(N[C@H]1CCCc2cc(OC(F)F)ccc21)c1ccc(O)c(Cl)c1. The number of rotatable bonds is 4. The van der Waals surface area contributed by atoms with Crippen LogP contribution >= 0.6 is 11.6 Å². The van der Waals surface area contributed by atoms with Crippen LogP contribution in [0.1, 0.15) is 40.4 Å². The van der Waals surface area contributed by atoms with Crippen molar-refractivity contribution in [2.75, 3.05) is 0 Å². The van der Waals surface area contributed by atoms with E-state index in [-0.39, 0.29) is 28.5 Å². The molecule has 0 saturated heterocycles. The Morgan fingerprint density at radius 1 is 1.28 bits per heavy atom. The van der Waals surface area contributed by atoms with Gasteiger partial charge in [0.25, 0.3) is 5.91 Å². The number of hydrogen-bond acceptors (Lipinski definition) is 3. The van der Waals surface area contributed by atoms with Crippen molar-refractivity contribution in [3.05, 3.63) is 58.1 Å². The minimum Gasteiger partial charge on any atom is -0.506 e. The maximum atomic E-state index is 12.4. The minimum atomic E-state index is -2.86. The highest BCUT2D eigenvalue weighted by atomic mass is 35.5. The maximum absolute atomic E-state index is 12.4. The molecule has 3 rings (SSSR count). The second kappa shape index (κ2) is 7.27. The molecule has 0 saturated carbocycles. The molecule has 4 nitrogen and oxygen atoms in total. The van der Waals surface area contributed by atoms with Crippen molar-refractivity contribution in [3.8, 4) is 11.5 Å². The van der Waals surface area contributed by atoms with Crippen molar-refractivity contribution in [1.29, 1.82) is 0 Å². The van der Waals surface area contributed by atoms with Gasteiger partial charge in [0.05, 0.1) is 11.1 Å². The second-order valence-electron chi connectivity index (χ2n) is 5.82. The van der Waals surface area contributed by atoms with Crippen LogP contribution in [-0.4, -0.2) is 17.6 Å². The number of hydrogen-bond donors (Lipinski definition) is 2.